The summed E-state index contributed by atoms with van der Waals surface area (Å²) in [5, 5.41) is 8.05. The van der Waals surface area contributed by atoms with E-state index in [4.69, 9.17) is 23.6 Å². The monoisotopic (exact) mass is 499 g/mol. The van der Waals surface area contributed by atoms with Gasteiger partial charge in [-0.05, 0) is 62.2 Å². The molecular weight excluding hydrogens is 469 g/mol. The zero-order valence-corrected chi connectivity index (χ0v) is 20.6. The lowest BCUT2D eigenvalue weighted by molar-refractivity contribution is -0.156. The van der Waals surface area contributed by atoms with Crippen molar-refractivity contribution in [2.75, 3.05) is 26.4 Å². The van der Waals surface area contributed by atoms with Crippen molar-refractivity contribution in [1.29, 1.82) is 0 Å². The number of oxime groups is 1. The SMILES string of the molecule is CCCO/N=C(/COc1ccc(CC(OCC)C(=O)OCC)cc1)c1nc(-c2ccc(F)cc2)no1. The summed E-state index contributed by atoms with van der Waals surface area (Å²) >= 11 is 0. The van der Waals surface area contributed by atoms with Gasteiger partial charge in [0.05, 0.1) is 6.61 Å². The lowest BCUT2D eigenvalue weighted by Crippen LogP contribution is -2.28. The number of rotatable bonds is 14. The minimum Gasteiger partial charge on any atom is -0.487 e. The van der Waals surface area contributed by atoms with Gasteiger partial charge in [-0.3, -0.25) is 0 Å². The standard InChI is InChI=1S/C26H30FN3O6/c1-4-15-35-29-22(25-28-24(30-36-25)19-9-11-20(27)12-10-19)17-34-21-13-7-18(8-14-21)16-23(32-5-2)26(31)33-6-3/h7-14,23H,4-6,15-17H2,1-3H3/b29-22-. The summed E-state index contributed by atoms with van der Waals surface area (Å²) in [4.78, 5) is 21.8. The minimum atomic E-state index is -0.663. The Hall–Kier alpha value is -3.79. The highest BCUT2D eigenvalue weighted by molar-refractivity contribution is 5.97. The van der Waals surface area contributed by atoms with Gasteiger partial charge in [-0.1, -0.05) is 29.4 Å². The zero-order valence-electron chi connectivity index (χ0n) is 20.6. The molecule has 1 atom stereocenters. The molecule has 0 bridgehead atoms. The first-order chi connectivity index (χ1) is 17.5. The molecule has 1 aromatic heterocycles. The molecule has 3 rings (SSSR count). The van der Waals surface area contributed by atoms with Gasteiger partial charge in [-0.2, -0.15) is 4.98 Å². The summed E-state index contributed by atoms with van der Waals surface area (Å²) in [5.74, 6) is 0.266. The number of carbonyl (C=O) groups excluding carboxylic acids is 1. The zero-order chi connectivity index (χ0) is 25.8. The van der Waals surface area contributed by atoms with Gasteiger partial charge >= 0.3 is 5.97 Å². The van der Waals surface area contributed by atoms with E-state index in [9.17, 15) is 9.18 Å². The summed E-state index contributed by atoms with van der Waals surface area (Å²) in [6, 6.07) is 13.0. The van der Waals surface area contributed by atoms with Gasteiger partial charge in [0.25, 0.3) is 5.89 Å². The van der Waals surface area contributed by atoms with E-state index in [-0.39, 0.29) is 24.3 Å². The Kier molecular flexibility index (Phi) is 10.4. The molecule has 0 N–H and O–H groups in total. The van der Waals surface area contributed by atoms with Gasteiger partial charge in [0.1, 0.15) is 24.8 Å². The van der Waals surface area contributed by atoms with Crippen molar-refractivity contribution in [2.45, 2.75) is 39.7 Å². The molecule has 0 spiro atoms. The fraction of sp³-hybridized carbons (Fsp3) is 0.385. The van der Waals surface area contributed by atoms with Crippen LogP contribution in [0.25, 0.3) is 11.4 Å². The topological polar surface area (TPSA) is 105 Å². The van der Waals surface area contributed by atoms with Crippen molar-refractivity contribution >= 4 is 11.7 Å². The van der Waals surface area contributed by atoms with E-state index in [1.807, 2.05) is 26.0 Å². The smallest absolute Gasteiger partial charge is 0.335 e. The predicted molar refractivity (Wildman–Crippen MR) is 130 cm³/mol. The van der Waals surface area contributed by atoms with Gasteiger partial charge in [0.2, 0.25) is 5.82 Å². The average molecular weight is 500 g/mol. The highest BCUT2D eigenvalue weighted by Gasteiger charge is 2.21. The van der Waals surface area contributed by atoms with Gasteiger partial charge in [0.15, 0.2) is 11.8 Å². The quantitative estimate of drug-likeness (QED) is 0.137. The molecule has 1 heterocycles. The number of esters is 1. The van der Waals surface area contributed by atoms with Gasteiger partial charge in [0, 0.05) is 18.6 Å². The third kappa shape index (κ3) is 7.88. The van der Waals surface area contributed by atoms with Crippen molar-refractivity contribution < 1.29 is 32.8 Å². The molecule has 0 radical (unpaired) electrons. The van der Waals surface area contributed by atoms with Crippen LogP contribution in [0.2, 0.25) is 0 Å². The molecular formula is C26H30FN3O6. The second-order valence-corrected chi connectivity index (χ2v) is 7.63. The molecule has 0 saturated heterocycles. The normalized spacial score (nSPS) is 12.3. The van der Waals surface area contributed by atoms with Crippen LogP contribution < -0.4 is 4.74 Å². The number of hydrogen-bond acceptors (Lipinski definition) is 9. The second-order valence-electron chi connectivity index (χ2n) is 7.63. The Morgan fingerprint density at radius 2 is 1.81 bits per heavy atom. The van der Waals surface area contributed by atoms with Crippen molar-refractivity contribution in [3.05, 3.63) is 65.8 Å². The van der Waals surface area contributed by atoms with Crippen molar-refractivity contribution in [1.82, 2.24) is 10.1 Å². The number of nitrogens with zero attached hydrogens (tertiary/aromatic N) is 3. The van der Waals surface area contributed by atoms with E-state index in [1.165, 1.54) is 12.1 Å². The average Bonchev–Trinajstić information content (AvgIpc) is 3.37. The molecule has 0 amide bonds. The molecule has 1 unspecified atom stereocenters. The Balaban J connectivity index is 1.67. The number of aromatic nitrogens is 2. The maximum Gasteiger partial charge on any atom is 0.335 e. The summed E-state index contributed by atoms with van der Waals surface area (Å²) in [6.07, 6.45) is 0.501. The Labute approximate surface area is 209 Å². The van der Waals surface area contributed by atoms with E-state index in [2.05, 4.69) is 15.3 Å². The maximum absolute atomic E-state index is 13.2. The molecule has 0 aliphatic heterocycles. The second kappa shape index (κ2) is 13.9. The summed E-state index contributed by atoms with van der Waals surface area (Å²) in [6.45, 7) is 6.69. The molecule has 9 nitrogen and oxygen atoms in total. The van der Waals surface area contributed by atoms with Crippen LogP contribution in [-0.2, 0) is 25.5 Å². The summed E-state index contributed by atoms with van der Waals surface area (Å²) < 4.78 is 35.0. The third-order valence-corrected chi connectivity index (χ3v) is 4.88. The van der Waals surface area contributed by atoms with Crippen LogP contribution in [0.1, 0.15) is 38.6 Å². The van der Waals surface area contributed by atoms with E-state index in [1.54, 1.807) is 31.2 Å². The maximum atomic E-state index is 13.2. The number of carbonyl (C=O) groups is 1. The Bertz CT molecular complexity index is 1120. The molecule has 2 aromatic carbocycles. The first-order valence-electron chi connectivity index (χ1n) is 11.8. The first kappa shape index (κ1) is 26.8. The van der Waals surface area contributed by atoms with Crippen LogP contribution in [-0.4, -0.2) is 54.4 Å². The number of hydrogen-bond donors (Lipinski definition) is 0. The number of ether oxygens (including phenoxy) is 3. The van der Waals surface area contributed by atoms with E-state index < -0.39 is 6.10 Å². The molecule has 192 valence electrons. The van der Waals surface area contributed by atoms with Gasteiger partial charge in [-0.25, -0.2) is 9.18 Å². The van der Waals surface area contributed by atoms with Crippen LogP contribution >= 0.6 is 0 Å². The Morgan fingerprint density at radius 1 is 1.06 bits per heavy atom. The Morgan fingerprint density at radius 3 is 2.47 bits per heavy atom. The fourth-order valence-corrected chi connectivity index (χ4v) is 3.13. The van der Waals surface area contributed by atoms with Crippen molar-refractivity contribution in [3.63, 3.8) is 0 Å². The predicted octanol–water partition coefficient (Wildman–Crippen LogP) is 4.60. The summed E-state index contributed by atoms with van der Waals surface area (Å²) in [5.41, 5.74) is 1.81. The molecule has 0 fully saturated rings. The molecule has 0 saturated carbocycles. The largest absolute Gasteiger partial charge is 0.487 e. The highest BCUT2D eigenvalue weighted by atomic mass is 19.1. The number of benzene rings is 2. The summed E-state index contributed by atoms with van der Waals surface area (Å²) in [7, 11) is 0. The molecule has 10 heteroatoms. The van der Waals surface area contributed by atoms with Gasteiger partial charge in [-0.15, -0.1) is 0 Å². The van der Waals surface area contributed by atoms with Crippen molar-refractivity contribution in [3.8, 4) is 17.1 Å². The van der Waals surface area contributed by atoms with Gasteiger partial charge < -0.3 is 23.6 Å². The van der Waals surface area contributed by atoms with Crippen LogP contribution in [0.5, 0.6) is 5.75 Å². The minimum absolute atomic E-state index is 0.0124. The molecule has 36 heavy (non-hydrogen) atoms. The van der Waals surface area contributed by atoms with Crippen LogP contribution in [0.15, 0.2) is 58.2 Å². The molecule has 0 aliphatic rings. The van der Waals surface area contributed by atoms with E-state index >= 15 is 0 Å². The molecule has 0 aliphatic carbocycles. The van der Waals surface area contributed by atoms with Crippen LogP contribution in [0.4, 0.5) is 4.39 Å². The fourth-order valence-electron chi connectivity index (χ4n) is 3.13. The highest BCUT2D eigenvalue weighted by Crippen LogP contribution is 2.18. The van der Waals surface area contributed by atoms with Crippen molar-refractivity contribution in [2.24, 2.45) is 5.16 Å². The molecule has 3 aromatic rings. The van der Waals surface area contributed by atoms with Crippen LogP contribution in [0, 0.1) is 5.82 Å². The lowest BCUT2D eigenvalue weighted by Gasteiger charge is -2.15. The third-order valence-electron chi connectivity index (χ3n) is 4.88. The number of halogens is 1. The lowest BCUT2D eigenvalue weighted by atomic mass is 10.1. The first-order valence-corrected chi connectivity index (χ1v) is 11.8. The van der Waals surface area contributed by atoms with E-state index in [0.717, 1.165) is 12.0 Å². The van der Waals surface area contributed by atoms with Crippen LogP contribution in [0.3, 0.4) is 0 Å². The van der Waals surface area contributed by atoms with E-state index in [0.29, 0.717) is 49.1 Å².